The summed E-state index contributed by atoms with van der Waals surface area (Å²) in [6.45, 7) is 1.87. The van der Waals surface area contributed by atoms with E-state index in [1.165, 1.54) is 23.5 Å². The first-order chi connectivity index (χ1) is 11.6. The van der Waals surface area contributed by atoms with Crippen LogP contribution in [-0.4, -0.2) is 49.0 Å². The Morgan fingerprint density at radius 2 is 2.08 bits per heavy atom. The summed E-state index contributed by atoms with van der Waals surface area (Å²) >= 11 is 1.35. The van der Waals surface area contributed by atoms with Crippen molar-refractivity contribution in [1.82, 2.24) is 4.98 Å². The molecule has 24 heavy (non-hydrogen) atoms. The number of aliphatic carboxylic acids is 1. The molecule has 6 nitrogen and oxygen atoms in total. The fraction of sp³-hybridized carbons (Fsp3) is 0.333. The molecular formula is C15H14F2N2O4S. The number of rotatable bonds is 5. The number of morpholine rings is 1. The fourth-order valence-corrected chi connectivity index (χ4v) is 3.15. The number of carboxylic acids is 1. The minimum absolute atomic E-state index is 0.00549. The molecule has 0 saturated carbocycles. The number of halogens is 2. The number of thiazole rings is 1. The molecule has 3 rings (SSSR count). The molecule has 2 aromatic rings. The Morgan fingerprint density at radius 1 is 1.33 bits per heavy atom. The lowest BCUT2D eigenvalue weighted by atomic mass is 10.1. The van der Waals surface area contributed by atoms with Crippen LogP contribution in [0.25, 0.3) is 11.3 Å². The molecule has 1 aliphatic heterocycles. The molecular weight excluding hydrogens is 342 g/mol. The molecule has 1 aliphatic rings. The highest BCUT2D eigenvalue weighted by molar-refractivity contribution is 7.14. The van der Waals surface area contributed by atoms with Gasteiger partial charge in [-0.25, -0.2) is 14.2 Å². The monoisotopic (exact) mass is 356 g/mol. The zero-order valence-corrected chi connectivity index (χ0v) is 13.3. The third-order valence-corrected chi connectivity index (χ3v) is 4.35. The van der Waals surface area contributed by atoms with Crippen molar-refractivity contribution >= 4 is 22.4 Å². The van der Waals surface area contributed by atoms with Gasteiger partial charge in [-0.2, -0.15) is 4.39 Å². The molecule has 2 heterocycles. The minimum Gasteiger partial charge on any atom is -0.479 e. The van der Waals surface area contributed by atoms with E-state index < -0.39 is 30.0 Å². The van der Waals surface area contributed by atoms with Crippen LogP contribution in [0.15, 0.2) is 17.5 Å². The smallest absolute Gasteiger partial charge is 0.341 e. The molecule has 1 saturated heterocycles. The zero-order valence-electron chi connectivity index (χ0n) is 12.5. The van der Waals surface area contributed by atoms with Crippen LogP contribution in [0, 0.1) is 11.6 Å². The lowest BCUT2D eigenvalue weighted by molar-refractivity contribution is -0.139. The quantitative estimate of drug-likeness (QED) is 0.887. The number of benzene rings is 1. The summed E-state index contributed by atoms with van der Waals surface area (Å²) in [7, 11) is 0. The number of aromatic nitrogens is 1. The molecule has 0 amide bonds. The van der Waals surface area contributed by atoms with Gasteiger partial charge in [-0.3, -0.25) is 0 Å². The van der Waals surface area contributed by atoms with Crippen molar-refractivity contribution in [2.75, 3.05) is 37.8 Å². The van der Waals surface area contributed by atoms with Crippen LogP contribution in [-0.2, 0) is 9.53 Å². The zero-order chi connectivity index (χ0) is 17.1. The van der Waals surface area contributed by atoms with Gasteiger partial charge in [-0.1, -0.05) is 0 Å². The Labute approximate surface area is 140 Å². The summed E-state index contributed by atoms with van der Waals surface area (Å²) in [5, 5.41) is 10.9. The van der Waals surface area contributed by atoms with Crippen LogP contribution in [0.1, 0.15) is 0 Å². The van der Waals surface area contributed by atoms with E-state index in [9.17, 15) is 13.6 Å². The van der Waals surface area contributed by atoms with E-state index in [4.69, 9.17) is 14.6 Å². The average Bonchev–Trinajstić information content (AvgIpc) is 3.06. The first kappa shape index (κ1) is 16.6. The largest absolute Gasteiger partial charge is 0.479 e. The predicted molar refractivity (Wildman–Crippen MR) is 83.6 cm³/mol. The van der Waals surface area contributed by atoms with Gasteiger partial charge in [0.1, 0.15) is 0 Å². The molecule has 0 atom stereocenters. The van der Waals surface area contributed by atoms with Crippen molar-refractivity contribution < 1.29 is 28.2 Å². The fourth-order valence-electron chi connectivity index (χ4n) is 2.27. The highest BCUT2D eigenvalue weighted by Crippen LogP contribution is 2.33. The summed E-state index contributed by atoms with van der Waals surface area (Å²) in [4.78, 5) is 16.8. The van der Waals surface area contributed by atoms with Gasteiger partial charge < -0.3 is 19.5 Å². The van der Waals surface area contributed by atoms with E-state index in [2.05, 4.69) is 4.98 Å². The SMILES string of the molecule is O=C(O)COc1ccc(-c2csc(N3CCOCC3)n2)c(F)c1F. The van der Waals surface area contributed by atoms with Crippen LogP contribution in [0.5, 0.6) is 5.75 Å². The molecule has 0 spiro atoms. The number of hydrogen-bond donors (Lipinski definition) is 1. The van der Waals surface area contributed by atoms with Crippen molar-refractivity contribution in [3.05, 3.63) is 29.1 Å². The van der Waals surface area contributed by atoms with E-state index in [1.54, 1.807) is 5.38 Å². The number of carboxylic acid groups (broad SMARTS) is 1. The van der Waals surface area contributed by atoms with Crippen LogP contribution >= 0.6 is 11.3 Å². The molecule has 0 aliphatic carbocycles. The normalized spacial score (nSPS) is 14.7. The standard InChI is InChI=1S/C15H14F2N2O4S/c16-13-9(1-2-11(14(13)17)23-7-12(20)21)10-8-24-15(18-10)19-3-5-22-6-4-19/h1-2,8H,3-7H2,(H,20,21). The summed E-state index contributed by atoms with van der Waals surface area (Å²) in [5.74, 6) is -4.05. The van der Waals surface area contributed by atoms with Gasteiger partial charge in [0, 0.05) is 24.0 Å². The van der Waals surface area contributed by atoms with Gasteiger partial charge in [-0.05, 0) is 12.1 Å². The molecule has 0 unspecified atom stereocenters. The topological polar surface area (TPSA) is 71.9 Å². The molecule has 1 N–H and O–H groups in total. The van der Waals surface area contributed by atoms with Gasteiger partial charge in [0.2, 0.25) is 5.82 Å². The average molecular weight is 356 g/mol. The summed E-state index contributed by atoms with van der Waals surface area (Å²) in [6, 6.07) is 2.53. The van der Waals surface area contributed by atoms with Gasteiger partial charge in [0.05, 0.1) is 18.9 Å². The van der Waals surface area contributed by atoms with Crippen LogP contribution < -0.4 is 9.64 Å². The lowest BCUT2D eigenvalue weighted by Crippen LogP contribution is -2.36. The summed E-state index contributed by atoms with van der Waals surface area (Å²) in [6.07, 6.45) is 0. The Balaban J connectivity index is 1.83. The highest BCUT2D eigenvalue weighted by atomic mass is 32.1. The minimum atomic E-state index is -1.27. The predicted octanol–water partition coefficient (Wildman–Crippen LogP) is 2.39. The first-order valence-corrected chi connectivity index (χ1v) is 8.05. The molecule has 9 heteroatoms. The molecule has 1 fully saturated rings. The number of nitrogens with zero attached hydrogens (tertiary/aromatic N) is 2. The van der Waals surface area contributed by atoms with E-state index in [0.717, 1.165) is 5.13 Å². The van der Waals surface area contributed by atoms with E-state index in [-0.39, 0.29) is 5.56 Å². The van der Waals surface area contributed by atoms with E-state index in [1.807, 2.05) is 4.90 Å². The van der Waals surface area contributed by atoms with Gasteiger partial charge >= 0.3 is 5.97 Å². The van der Waals surface area contributed by atoms with Gasteiger partial charge in [0.25, 0.3) is 0 Å². The van der Waals surface area contributed by atoms with Crippen molar-refractivity contribution in [3.8, 4) is 17.0 Å². The van der Waals surface area contributed by atoms with E-state index in [0.29, 0.717) is 32.0 Å². The number of hydrogen-bond acceptors (Lipinski definition) is 6. The second-order valence-corrected chi connectivity index (χ2v) is 5.87. The lowest BCUT2D eigenvalue weighted by Gasteiger charge is -2.26. The van der Waals surface area contributed by atoms with Gasteiger partial charge in [-0.15, -0.1) is 11.3 Å². The van der Waals surface area contributed by atoms with Crippen molar-refractivity contribution in [3.63, 3.8) is 0 Å². The summed E-state index contributed by atoms with van der Waals surface area (Å²) in [5.41, 5.74) is 0.327. The molecule has 0 radical (unpaired) electrons. The number of carbonyl (C=O) groups is 1. The Bertz CT molecular complexity index is 747. The Kier molecular flexibility index (Phi) is 4.91. The summed E-state index contributed by atoms with van der Waals surface area (Å²) < 4.78 is 38.3. The second-order valence-electron chi connectivity index (χ2n) is 5.04. The van der Waals surface area contributed by atoms with E-state index >= 15 is 0 Å². The second kappa shape index (κ2) is 7.10. The highest BCUT2D eigenvalue weighted by Gasteiger charge is 2.20. The van der Waals surface area contributed by atoms with Crippen LogP contribution in [0.4, 0.5) is 13.9 Å². The van der Waals surface area contributed by atoms with Crippen molar-refractivity contribution in [2.45, 2.75) is 0 Å². The third-order valence-electron chi connectivity index (χ3n) is 3.45. The van der Waals surface area contributed by atoms with Gasteiger partial charge in [0.15, 0.2) is 23.3 Å². The van der Waals surface area contributed by atoms with Crippen LogP contribution in [0.3, 0.4) is 0 Å². The van der Waals surface area contributed by atoms with Crippen LogP contribution in [0.2, 0.25) is 0 Å². The maximum atomic E-state index is 14.3. The van der Waals surface area contributed by atoms with Crippen molar-refractivity contribution in [1.29, 1.82) is 0 Å². The van der Waals surface area contributed by atoms with Crippen molar-refractivity contribution in [2.24, 2.45) is 0 Å². The molecule has 1 aromatic carbocycles. The third kappa shape index (κ3) is 3.46. The maximum absolute atomic E-state index is 14.3. The number of anilines is 1. The molecule has 0 bridgehead atoms. The Hall–Kier alpha value is -2.26. The molecule has 1 aromatic heterocycles. The number of ether oxygens (including phenoxy) is 2. The first-order valence-electron chi connectivity index (χ1n) is 7.17. The Morgan fingerprint density at radius 3 is 2.79 bits per heavy atom. The maximum Gasteiger partial charge on any atom is 0.341 e. The molecule has 128 valence electrons.